The molecule has 4 nitrogen and oxygen atoms in total. The summed E-state index contributed by atoms with van der Waals surface area (Å²) in [5, 5.41) is 19.6. The number of nitrogens with zero attached hydrogens (tertiary/aromatic N) is 3. The third-order valence-corrected chi connectivity index (χ3v) is 5.28. The molecule has 3 aromatic heterocycles. The van der Waals surface area contributed by atoms with Gasteiger partial charge in [-0.1, -0.05) is 23.7 Å². The number of pyridine rings is 1. The monoisotopic (exact) mass is 376 g/mol. The van der Waals surface area contributed by atoms with Gasteiger partial charge in [0.25, 0.3) is 0 Å². The van der Waals surface area contributed by atoms with Crippen molar-refractivity contribution in [1.29, 1.82) is 5.26 Å². The van der Waals surface area contributed by atoms with E-state index in [0.29, 0.717) is 11.4 Å². The van der Waals surface area contributed by atoms with E-state index in [2.05, 4.69) is 21.3 Å². The van der Waals surface area contributed by atoms with Crippen LogP contribution in [0.5, 0.6) is 0 Å². The highest BCUT2D eigenvalue weighted by Gasteiger charge is 2.20. The van der Waals surface area contributed by atoms with Crippen LogP contribution in [-0.4, -0.2) is 15.2 Å². The minimum atomic E-state index is 0.373. The molecule has 0 amide bonds. The summed E-state index contributed by atoms with van der Waals surface area (Å²) in [4.78, 5) is 5.14. The van der Waals surface area contributed by atoms with E-state index in [-0.39, 0.29) is 0 Å². The van der Waals surface area contributed by atoms with Crippen LogP contribution >= 0.6 is 22.9 Å². The van der Waals surface area contributed by atoms with Crippen molar-refractivity contribution in [1.82, 2.24) is 15.2 Å². The summed E-state index contributed by atoms with van der Waals surface area (Å²) in [5.41, 5.74) is 5.75. The van der Waals surface area contributed by atoms with Crippen LogP contribution in [0.1, 0.15) is 4.88 Å². The number of aromatic nitrogens is 3. The van der Waals surface area contributed by atoms with Gasteiger partial charge in [0, 0.05) is 39.0 Å². The second-order valence-electron chi connectivity index (χ2n) is 5.66. The van der Waals surface area contributed by atoms with Gasteiger partial charge in [-0.25, -0.2) is 0 Å². The van der Waals surface area contributed by atoms with Gasteiger partial charge in [-0.3, -0.25) is 10.1 Å². The lowest BCUT2D eigenvalue weighted by Gasteiger charge is -2.07. The van der Waals surface area contributed by atoms with Crippen LogP contribution in [0, 0.1) is 11.3 Å². The van der Waals surface area contributed by atoms with Crippen LogP contribution < -0.4 is 0 Å². The summed E-state index contributed by atoms with van der Waals surface area (Å²) < 4.78 is 0. The Kier molecular flexibility index (Phi) is 4.53. The zero-order valence-electron chi connectivity index (χ0n) is 13.6. The van der Waals surface area contributed by atoms with Crippen LogP contribution in [0.2, 0.25) is 5.02 Å². The van der Waals surface area contributed by atoms with Crippen molar-refractivity contribution in [3.63, 3.8) is 0 Å². The van der Waals surface area contributed by atoms with E-state index in [1.807, 2.05) is 47.8 Å². The smallest absolute Gasteiger partial charge is 0.101 e. The molecule has 0 aliphatic carbocycles. The van der Waals surface area contributed by atoms with Crippen molar-refractivity contribution in [2.45, 2.75) is 6.42 Å². The standard InChI is InChI=1S/C20H13ClN4S/c21-15-3-1-14(2-4-15)19-18(13-6-10-23-11-7-13)20(25-24-19)16-8-12-26-17(16)5-9-22/h1-4,6-8,10-12H,5H2,(H,24,25). The largest absolute Gasteiger partial charge is 0.277 e. The molecule has 0 radical (unpaired) electrons. The Balaban J connectivity index is 1.95. The molecule has 0 unspecified atom stereocenters. The number of aromatic amines is 1. The minimum absolute atomic E-state index is 0.373. The Labute approximate surface area is 159 Å². The molecule has 0 saturated heterocycles. The first-order valence-corrected chi connectivity index (χ1v) is 9.22. The Morgan fingerprint density at radius 2 is 1.81 bits per heavy atom. The fourth-order valence-corrected chi connectivity index (χ4v) is 3.86. The highest BCUT2D eigenvalue weighted by atomic mass is 35.5. The minimum Gasteiger partial charge on any atom is -0.277 e. The summed E-state index contributed by atoms with van der Waals surface area (Å²) in [6.45, 7) is 0. The SMILES string of the molecule is N#CCc1sccc1-c1[nH]nc(-c2ccc(Cl)cc2)c1-c1ccncc1. The van der Waals surface area contributed by atoms with Crippen molar-refractivity contribution >= 4 is 22.9 Å². The van der Waals surface area contributed by atoms with Crippen LogP contribution in [0.25, 0.3) is 33.6 Å². The molecule has 0 aliphatic rings. The third kappa shape index (κ3) is 3.01. The topological polar surface area (TPSA) is 65.4 Å². The molecule has 0 spiro atoms. The number of halogens is 1. The van der Waals surface area contributed by atoms with Crippen molar-refractivity contribution in [3.05, 3.63) is 70.1 Å². The summed E-state index contributed by atoms with van der Waals surface area (Å²) >= 11 is 7.61. The van der Waals surface area contributed by atoms with Gasteiger partial charge >= 0.3 is 0 Å². The molecule has 126 valence electrons. The molecule has 4 aromatic rings. The molecule has 3 heterocycles. The van der Waals surface area contributed by atoms with E-state index in [1.54, 1.807) is 23.7 Å². The highest BCUT2D eigenvalue weighted by Crippen LogP contribution is 2.40. The summed E-state index contributed by atoms with van der Waals surface area (Å²) in [6, 6.07) is 15.8. The molecule has 0 atom stereocenters. The predicted octanol–water partition coefficient (Wildman–Crippen LogP) is 5.59. The lowest BCUT2D eigenvalue weighted by Crippen LogP contribution is -1.87. The molecule has 0 saturated carbocycles. The zero-order valence-corrected chi connectivity index (χ0v) is 15.2. The maximum atomic E-state index is 9.12. The first-order chi connectivity index (χ1) is 12.8. The van der Waals surface area contributed by atoms with Crippen molar-refractivity contribution in [3.8, 4) is 39.7 Å². The van der Waals surface area contributed by atoms with Crippen LogP contribution in [0.3, 0.4) is 0 Å². The van der Waals surface area contributed by atoms with Gasteiger partial charge in [0.05, 0.1) is 18.2 Å². The van der Waals surface area contributed by atoms with Gasteiger partial charge in [-0.2, -0.15) is 10.4 Å². The Hall–Kier alpha value is -2.94. The van der Waals surface area contributed by atoms with Crippen molar-refractivity contribution in [2.75, 3.05) is 0 Å². The summed E-state index contributed by atoms with van der Waals surface area (Å²) in [6.07, 6.45) is 3.90. The van der Waals surface area contributed by atoms with Gasteiger partial charge < -0.3 is 0 Å². The molecule has 4 rings (SSSR count). The average molecular weight is 377 g/mol. The predicted molar refractivity (Wildman–Crippen MR) is 105 cm³/mol. The molecule has 26 heavy (non-hydrogen) atoms. The molecular formula is C20H13ClN4S. The first-order valence-electron chi connectivity index (χ1n) is 7.96. The van der Waals surface area contributed by atoms with Crippen LogP contribution in [-0.2, 0) is 6.42 Å². The average Bonchev–Trinajstić information content (AvgIpc) is 3.30. The third-order valence-electron chi connectivity index (χ3n) is 4.11. The van der Waals surface area contributed by atoms with Crippen LogP contribution in [0.4, 0.5) is 0 Å². The summed E-state index contributed by atoms with van der Waals surface area (Å²) in [5.74, 6) is 0. The first kappa shape index (κ1) is 16.5. The van der Waals surface area contributed by atoms with Gasteiger partial charge in [0.2, 0.25) is 0 Å². The zero-order chi connectivity index (χ0) is 17.9. The number of nitrogens with one attached hydrogen (secondary N) is 1. The molecule has 1 N–H and O–H groups in total. The molecular weight excluding hydrogens is 364 g/mol. The second kappa shape index (κ2) is 7.12. The summed E-state index contributed by atoms with van der Waals surface area (Å²) in [7, 11) is 0. The number of hydrogen-bond acceptors (Lipinski definition) is 4. The Morgan fingerprint density at radius 1 is 1.04 bits per heavy atom. The normalized spacial score (nSPS) is 10.6. The molecule has 0 aliphatic heterocycles. The lowest BCUT2D eigenvalue weighted by atomic mass is 9.96. The second-order valence-corrected chi connectivity index (χ2v) is 7.09. The van der Waals surface area contributed by atoms with E-state index >= 15 is 0 Å². The highest BCUT2D eigenvalue weighted by molar-refractivity contribution is 7.10. The van der Waals surface area contributed by atoms with E-state index in [9.17, 15) is 0 Å². The number of rotatable bonds is 4. The Morgan fingerprint density at radius 3 is 2.54 bits per heavy atom. The molecule has 1 aromatic carbocycles. The number of thiophene rings is 1. The number of H-pyrrole nitrogens is 1. The van der Waals surface area contributed by atoms with Gasteiger partial charge in [-0.05, 0) is 41.3 Å². The maximum Gasteiger partial charge on any atom is 0.101 e. The fourth-order valence-electron chi connectivity index (χ4n) is 2.93. The fraction of sp³-hybridized carbons (Fsp3) is 0.0500. The van der Waals surface area contributed by atoms with E-state index in [0.717, 1.165) is 38.5 Å². The van der Waals surface area contributed by atoms with Gasteiger partial charge in [0.1, 0.15) is 5.69 Å². The quantitative estimate of drug-likeness (QED) is 0.505. The van der Waals surface area contributed by atoms with E-state index in [4.69, 9.17) is 16.9 Å². The van der Waals surface area contributed by atoms with Crippen molar-refractivity contribution < 1.29 is 0 Å². The van der Waals surface area contributed by atoms with Gasteiger partial charge in [0.15, 0.2) is 0 Å². The van der Waals surface area contributed by atoms with Crippen LogP contribution in [0.15, 0.2) is 60.2 Å². The number of hydrogen-bond donors (Lipinski definition) is 1. The lowest BCUT2D eigenvalue weighted by molar-refractivity contribution is 1.10. The molecule has 0 fully saturated rings. The number of benzene rings is 1. The maximum absolute atomic E-state index is 9.12. The number of nitriles is 1. The van der Waals surface area contributed by atoms with Crippen molar-refractivity contribution in [2.24, 2.45) is 0 Å². The van der Waals surface area contributed by atoms with E-state index < -0.39 is 0 Å². The molecule has 6 heteroatoms. The molecule has 0 bridgehead atoms. The van der Waals surface area contributed by atoms with E-state index in [1.165, 1.54) is 0 Å². The van der Waals surface area contributed by atoms with Gasteiger partial charge in [-0.15, -0.1) is 11.3 Å². The Bertz CT molecular complexity index is 1080.